The molecule has 2 aromatic rings. The van der Waals surface area contributed by atoms with Crippen LogP contribution < -0.4 is 11.1 Å². The van der Waals surface area contributed by atoms with E-state index in [1.165, 1.54) is 4.88 Å². The van der Waals surface area contributed by atoms with Crippen LogP contribution in [-0.4, -0.2) is 0 Å². The molecule has 17 heavy (non-hydrogen) atoms. The van der Waals surface area contributed by atoms with Crippen molar-refractivity contribution >= 4 is 44.6 Å². The first-order valence-electron chi connectivity index (χ1n) is 5.12. The summed E-state index contributed by atoms with van der Waals surface area (Å²) >= 11 is 11.1. The minimum absolute atomic E-state index is 0.681. The van der Waals surface area contributed by atoms with Crippen molar-refractivity contribution in [2.75, 3.05) is 5.73 Å². The van der Waals surface area contributed by atoms with Gasteiger partial charge in [-0.15, -0.1) is 11.3 Å². The van der Waals surface area contributed by atoms with Crippen molar-refractivity contribution in [2.24, 2.45) is 0 Å². The lowest BCUT2D eigenvalue weighted by atomic mass is 10.2. The van der Waals surface area contributed by atoms with Crippen molar-refractivity contribution in [1.29, 1.82) is 0 Å². The van der Waals surface area contributed by atoms with Crippen LogP contribution in [0.3, 0.4) is 0 Å². The Kier molecular flexibility index (Phi) is 4.45. The van der Waals surface area contributed by atoms with Gasteiger partial charge in [0.2, 0.25) is 0 Å². The third-order valence-electron chi connectivity index (χ3n) is 2.23. The Morgan fingerprint density at radius 2 is 2.06 bits per heavy atom. The number of benzene rings is 1. The van der Waals surface area contributed by atoms with Gasteiger partial charge in [0.1, 0.15) is 0 Å². The summed E-state index contributed by atoms with van der Waals surface area (Å²) in [6.07, 6.45) is 0. The Morgan fingerprint density at radius 1 is 1.24 bits per heavy atom. The Bertz CT molecular complexity index is 493. The zero-order valence-electron chi connectivity index (χ0n) is 9.04. The molecule has 2 rings (SSSR count). The lowest BCUT2D eigenvalue weighted by molar-refractivity contribution is 0.701. The van der Waals surface area contributed by atoms with Gasteiger partial charge in [-0.3, -0.25) is 0 Å². The Balaban J connectivity index is 1.89. The quantitative estimate of drug-likeness (QED) is 0.830. The molecule has 0 aliphatic carbocycles. The molecule has 0 aliphatic heterocycles. The Labute approximate surface area is 118 Å². The fourth-order valence-electron chi connectivity index (χ4n) is 1.55. The third-order valence-corrected chi connectivity index (χ3v) is 4.15. The summed E-state index contributed by atoms with van der Waals surface area (Å²) in [6, 6.07) is 7.73. The van der Waals surface area contributed by atoms with E-state index in [-0.39, 0.29) is 0 Å². The zero-order chi connectivity index (χ0) is 12.3. The van der Waals surface area contributed by atoms with Crippen LogP contribution in [0.1, 0.15) is 10.4 Å². The highest BCUT2D eigenvalue weighted by atomic mass is 79.9. The van der Waals surface area contributed by atoms with Gasteiger partial charge in [-0.25, -0.2) is 0 Å². The summed E-state index contributed by atoms with van der Waals surface area (Å²) in [5.74, 6) is 0. The molecule has 0 fully saturated rings. The van der Waals surface area contributed by atoms with Gasteiger partial charge in [0, 0.05) is 38.5 Å². The van der Waals surface area contributed by atoms with Crippen molar-refractivity contribution < 1.29 is 0 Å². The largest absolute Gasteiger partial charge is 0.399 e. The first-order valence-corrected chi connectivity index (χ1v) is 7.17. The molecule has 3 N–H and O–H groups in total. The van der Waals surface area contributed by atoms with E-state index in [0.29, 0.717) is 10.7 Å². The molecule has 0 radical (unpaired) electrons. The van der Waals surface area contributed by atoms with E-state index in [0.717, 1.165) is 23.1 Å². The topological polar surface area (TPSA) is 38.0 Å². The molecule has 1 aromatic heterocycles. The van der Waals surface area contributed by atoms with Gasteiger partial charge in [-0.05, 0) is 45.8 Å². The SMILES string of the molecule is Nc1cc(Cl)cc(CNCc2cc(Br)cs2)c1. The van der Waals surface area contributed by atoms with Gasteiger partial charge >= 0.3 is 0 Å². The second-order valence-electron chi connectivity index (χ2n) is 3.73. The van der Waals surface area contributed by atoms with Gasteiger partial charge in [-0.2, -0.15) is 0 Å². The normalized spacial score (nSPS) is 10.7. The highest BCUT2D eigenvalue weighted by molar-refractivity contribution is 9.10. The second-order valence-corrected chi connectivity index (χ2v) is 6.08. The maximum atomic E-state index is 5.94. The van der Waals surface area contributed by atoms with Gasteiger partial charge in [0.25, 0.3) is 0 Å². The first-order chi connectivity index (χ1) is 8.13. The fourth-order valence-corrected chi connectivity index (χ4v) is 3.24. The number of rotatable bonds is 4. The Hall–Kier alpha value is -0.550. The van der Waals surface area contributed by atoms with Crippen LogP contribution in [0.25, 0.3) is 0 Å². The van der Waals surface area contributed by atoms with Crippen LogP contribution >= 0.6 is 38.9 Å². The molecular weight excluding hydrogens is 320 g/mol. The molecule has 2 nitrogen and oxygen atoms in total. The molecule has 0 saturated heterocycles. The maximum Gasteiger partial charge on any atom is 0.0429 e. The van der Waals surface area contributed by atoms with Gasteiger partial charge in [-0.1, -0.05) is 11.6 Å². The molecule has 1 aromatic carbocycles. The minimum atomic E-state index is 0.681. The number of nitrogens with one attached hydrogen (secondary N) is 1. The number of hydrogen-bond acceptors (Lipinski definition) is 3. The number of hydrogen-bond donors (Lipinski definition) is 2. The highest BCUT2D eigenvalue weighted by Gasteiger charge is 1.99. The number of anilines is 1. The van der Waals surface area contributed by atoms with E-state index in [2.05, 4.69) is 32.7 Å². The standard InChI is InChI=1S/C12H12BrClN2S/c13-9-3-12(17-7-9)6-16-5-8-1-10(14)4-11(15)2-8/h1-4,7,16H,5-6,15H2. The number of thiophene rings is 1. The molecular formula is C12H12BrClN2S. The number of nitrogens with two attached hydrogens (primary N) is 1. The van der Waals surface area contributed by atoms with Crippen LogP contribution in [0.5, 0.6) is 0 Å². The van der Waals surface area contributed by atoms with Crippen LogP contribution in [0, 0.1) is 0 Å². The van der Waals surface area contributed by atoms with E-state index < -0.39 is 0 Å². The molecule has 0 aliphatic rings. The molecule has 0 saturated carbocycles. The van der Waals surface area contributed by atoms with E-state index in [9.17, 15) is 0 Å². The lowest BCUT2D eigenvalue weighted by Crippen LogP contribution is -2.11. The molecule has 5 heteroatoms. The third kappa shape index (κ3) is 4.00. The van der Waals surface area contributed by atoms with Crippen LogP contribution in [0.2, 0.25) is 5.02 Å². The highest BCUT2D eigenvalue weighted by Crippen LogP contribution is 2.20. The average molecular weight is 332 g/mol. The predicted octanol–water partition coefficient (Wildman–Crippen LogP) is 4.04. The van der Waals surface area contributed by atoms with E-state index >= 15 is 0 Å². The van der Waals surface area contributed by atoms with E-state index in [4.69, 9.17) is 17.3 Å². The van der Waals surface area contributed by atoms with Gasteiger partial charge in [0.05, 0.1) is 0 Å². The van der Waals surface area contributed by atoms with Crippen molar-refractivity contribution in [1.82, 2.24) is 5.32 Å². The molecule has 0 atom stereocenters. The molecule has 0 spiro atoms. The van der Waals surface area contributed by atoms with Crippen molar-refractivity contribution in [3.05, 3.63) is 49.6 Å². The monoisotopic (exact) mass is 330 g/mol. The summed E-state index contributed by atoms with van der Waals surface area (Å²) in [7, 11) is 0. The second kappa shape index (κ2) is 5.87. The summed E-state index contributed by atoms with van der Waals surface area (Å²) < 4.78 is 1.13. The smallest absolute Gasteiger partial charge is 0.0429 e. The zero-order valence-corrected chi connectivity index (χ0v) is 12.2. The van der Waals surface area contributed by atoms with E-state index in [1.54, 1.807) is 17.4 Å². The van der Waals surface area contributed by atoms with Crippen molar-refractivity contribution in [2.45, 2.75) is 13.1 Å². The molecule has 1 heterocycles. The van der Waals surface area contributed by atoms with E-state index in [1.807, 2.05) is 12.1 Å². The average Bonchev–Trinajstić information content (AvgIpc) is 2.63. The maximum absolute atomic E-state index is 5.94. The predicted molar refractivity (Wildman–Crippen MR) is 78.4 cm³/mol. The first kappa shape index (κ1) is 12.9. The van der Waals surface area contributed by atoms with Crippen LogP contribution in [-0.2, 0) is 13.1 Å². The molecule has 0 bridgehead atoms. The van der Waals surface area contributed by atoms with Crippen LogP contribution in [0.4, 0.5) is 5.69 Å². The minimum Gasteiger partial charge on any atom is -0.399 e. The number of halogens is 2. The van der Waals surface area contributed by atoms with Crippen LogP contribution in [0.15, 0.2) is 34.1 Å². The van der Waals surface area contributed by atoms with Crippen molar-refractivity contribution in [3.63, 3.8) is 0 Å². The number of nitrogen functional groups attached to an aromatic ring is 1. The summed E-state index contributed by atoms with van der Waals surface area (Å²) in [4.78, 5) is 1.30. The molecule has 90 valence electrons. The molecule has 0 unspecified atom stereocenters. The van der Waals surface area contributed by atoms with Crippen molar-refractivity contribution in [3.8, 4) is 0 Å². The fraction of sp³-hybridized carbons (Fsp3) is 0.167. The van der Waals surface area contributed by atoms with Gasteiger partial charge < -0.3 is 11.1 Å². The van der Waals surface area contributed by atoms with Gasteiger partial charge in [0.15, 0.2) is 0 Å². The molecule has 0 amide bonds. The summed E-state index contributed by atoms with van der Waals surface area (Å²) in [5.41, 5.74) is 7.53. The summed E-state index contributed by atoms with van der Waals surface area (Å²) in [5, 5.41) is 6.12. The lowest BCUT2D eigenvalue weighted by Gasteiger charge is -2.05. The summed E-state index contributed by atoms with van der Waals surface area (Å²) in [6.45, 7) is 1.61. The Morgan fingerprint density at radius 3 is 2.71 bits per heavy atom.